The van der Waals surface area contributed by atoms with Crippen molar-refractivity contribution in [1.29, 1.82) is 0 Å². The minimum absolute atomic E-state index is 0.0562. The topological polar surface area (TPSA) is 36.4 Å². The highest BCUT2D eigenvalue weighted by atomic mass is 19.1. The summed E-state index contributed by atoms with van der Waals surface area (Å²) in [6.07, 6.45) is 1.59. The minimum atomic E-state index is -0.328. The molecular weight excluding hydrogens is 401 g/mol. The highest BCUT2D eigenvalue weighted by Gasteiger charge is 2.28. The van der Waals surface area contributed by atoms with Crippen molar-refractivity contribution in [2.45, 2.75) is 6.04 Å². The van der Waals surface area contributed by atoms with Crippen molar-refractivity contribution in [2.24, 2.45) is 0 Å². The monoisotopic (exact) mass is 425 g/mol. The second-order valence-electron chi connectivity index (χ2n) is 8.11. The Morgan fingerprint density at radius 2 is 1.44 bits per heavy atom. The molecule has 0 aliphatic carbocycles. The van der Waals surface area contributed by atoms with Gasteiger partial charge in [0, 0.05) is 37.8 Å². The van der Waals surface area contributed by atoms with E-state index in [1.54, 1.807) is 18.3 Å². The normalized spacial score (nSPS) is 14.8. The summed E-state index contributed by atoms with van der Waals surface area (Å²) in [5.41, 5.74) is 3.68. The quantitative estimate of drug-likeness (QED) is 0.466. The number of pyridine rings is 1. The zero-order valence-electron chi connectivity index (χ0n) is 17.7. The fraction of sp³-hybridized carbons (Fsp3) is 0.185. The van der Waals surface area contributed by atoms with Gasteiger partial charge in [0.1, 0.15) is 5.82 Å². The number of amides is 1. The van der Waals surface area contributed by atoms with Crippen LogP contribution >= 0.6 is 0 Å². The number of nitrogens with zero attached hydrogens (tertiary/aromatic N) is 3. The first kappa shape index (κ1) is 20.3. The van der Waals surface area contributed by atoms with E-state index in [9.17, 15) is 9.18 Å². The molecule has 1 aliphatic rings. The summed E-state index contributed by atoms with van der Waals surface area (Å²) in [5, 5.41) is 0.641. The second kappa shape index (κ2) is 8.89. The molecule has 4 nitrogen and oxygen atoms in total. The molecule has 1 aliphatic heterocycles. The molecule has 0 saturated carbocycles. The maximum atomic E-state index is 13.6. The van der Waals surface area contributed by atoms with Crippen LogP contribution in [0.25, 0.3) is 10.9 Å². The number of benzene rings is 3. The van der Waals surface area contributed by atoms with Gasteiger partial charge in [-0.2, -0.15) is 0 Å². The smallest absolute Gasteiger partial charge is 0.255 e. The van der Waals surface area contributed by atoms with Crippen LogP contribution in [-0.4, -0.2) is 46.9 Å². The molecule has 2 heterocycles. The first-order valence-corrected chi connectivity index (χ1v) is 10.9. The lowest BCUT2D eigenvalue weighted by molar-refractivity contribution is 0.0597. The van der Waals surface area contributed by atoms with E-state index in [0.717, 1.165) is 13.1 Å². The fourth-order valence-corrected chi connectivity index (χ4v) is 4.47. The van der Waals surface area contributed by atoms with Gasteiger partial charge in [0.05, 0.1) is 17.1 Å². The van der Waals surface area contributed by atoms with Crippen LogP contribution in [0.3, 0.4) is 0 Å². The van der Waals surface area contributed by atoms with Crippen molar-refractivity contribution in [2.75, 3.05) is 26.2 Å². The van der Waals surface area contributed by atoms with Crippen LogP contribution in [-0.2, 0) is 0 Å². The Labute approximate surface area is 186 Å². The van der Waals surface area contributed by atoms with Gasteiger partial charge in [-0.25, -0.2) is 4.39 Å². The van der Waals surface area contributed by atoms with E-state index >= 15 is 0 Å². The van der Waals surface area contributed by atoms with Crippen molar-refractivity contribution in [3.05, 3.63) is 114 Å². The highest BCUT2D eigenvalue weighted by Crippen LogP contribution is 2.29. The van der Waals surface area contributed by atoms with Gasteiger partial charge in [-0.05, 0) is 35.4 Å². The molecule has 1 saturated heterocycles. The van der Waals surface area contributed by atoms with Gasteiger partial charge in [-0.1, -0.05) is 60.7 Å². The number of rotatable bonds is 4. The van der Waals surface area contributed by atoms with Gasteiger partial charge in [0.25, 0.3) is 5.91 Å². The molecule has 0 radical (unpaired) electrons. The summed E-state index contributed by atoms with van der Waals surface area (Å²) in [6, 6.07) is 27.3. The Hall–Kier alpha value is -3.57. The molecule has 1 aromatic heterocycles. The number of fused-ring (bicyclic) bond motifs is 1. The molecule has 0 bridgehead atoms. The van der Waals surface area contributed by atoms with E-state index in [2.05, 4.69) is 58.4 Å². The first-order chi connectivity index (χ1) is 15.7. The van der Waals surface area contributed by atoms with Gasteiger partial charge in [-0.3, -0.25) is 14.7 Å². The molecule has 1 amide bonds. The molecule has 0 N–H and O–H groups in total. The van der Waals surface area contributed by atoms with E-state index in [-0.39, 0.29) is 17.8 Å². The average Bonchev–Trinajstić information content (AvgIpc) is 2.85. The Balaban J connectivity index is 1.34. The Morgan fingerprint density at radius 3 is 2.06 bits per heavy atom. The minimum Gasteiger partial charge on any atom is -0.336 e. The predicted molar refractivity (Wildman–Crippen MR) is 124 cm³/mol. The summed E-state index contributed by atoms with van der Waals surface area (Å²) < 4.78 is 13.6. The Kier molecular flexibility index (Phi) is 5.65. The van der Waals surface area contributed by atoms with Gasteiger partial charge in [0.2, 0.25) is 0 Å². The molecule has 5 heteroatoms. The number of piperazine rings is 1. The van der Waals surface area contributed by atoms with Crippen LogP contribution in [0.5, 0.6) is 0 Å². The molecule has 0 unspecified atom stereocenters. The molecule has 0 spiro atoms. The highest BCUT2D eigenvalue weighted by molar-refractivity contribution is 5.97. The van der Waals surface area contributed by atoms with Gasteiger partial charge >= 0.3 is 0 Å². The number of halogens is 1. The van der Waals surface area contributed by atoms with Gasteiger partial charge < -0.3 is 4.90 Å². The first-order valence-electron chi connectivity index (χ1n) is 10.9. The van der Waals surface area contributed by atoms with Crippen molar-refractivity contribution >= 4 is 16.8 Å². The van der Waals surface area contributed by atoms with E-state index in [0.29, 0.717) is 29.6 Å². The van der Waals surface area contributed by atoms with Crippen molar-refractivity contribution in [3.8, 4) is 0 Å². The van der Waals surface area contributed by atoms with Crippen LogP contribution in [0.2, 0.25) is 0 Å². The number of hydrogen-bond acceptors (Lipinski definition) is 3. The number of aromatic nitrogens is 1. The lowest BCUT2D eigenvalue weighted by Gasteiger charge is -2.39. The molecule has 32 heavy (non-hydrogen) atoms. The molecule has 0 atom stereocenters. The summed E-state index contributed by atoms with van der Waals surface area (Å²) in [7, 11) is 0. The van der Waals surface area contributed by atoms with E-state index in [4.69, 9.17) is 0 Å². The lowest BCUT2D eigenvalue weighted by Crippen LogP contribution is -2.49. The van der Waals surface area contributed by atoms with Crippen LogP contribution in [0.4, 0.5) is 4.39 Å². The Morgan fingerprint density at radius 1 is 0.812 bits per heavy atom. The molecule has 160 valence electrons. The maximum Gasteiger partial charge on any atom is 0.255 e. The summed E-state index contributed by atoms with van der Waals surface area (Å²) in [4.78, 5) is 21.8. The van der Waals surface area contributed by atoms with Gasteiger partial charge in [0.15, 0.2) is 0 Å². The van der Waals surface area contributed by atoms with Crippen molar-refractivity contribution in [1.82, 2.24) is 14.8 Å². The lowest BCUT2D eigenvalue weighted by atomic mass is 9.96. The van der Waals surface area contributed by atoms with E-state index < -0.39 is 0 Å². The third-order valence-electron chi connectivity index (χ3n) is 6.09. The third kappa shape index (κ3) is 4.12. The largest absolute Gasteiger partial charge is 0.336 e. The zero-order valence-corrected chi connectivity index (χ0v) is 17.7. The third-order valence-corrected chi connectivity index (χ3v) is 6.09. The average molecular weight is 426 g/mol. The van der Waals surface area contributed by atoms with Crippen molar-refractivity contribution < 1.29 is 9.18 Å². The van der Waals surface area contributed by atoms with Crippen LogP contribution in [0.1, 0.15) is 27.5 Å². The molecule has 4 aromatic rings. The SMILES string of the molecule is O=C(c1cnc2ccc(F)cc2c1)N1CCN(C(c2ccccc2)c2ccccc2)CC1. The summed E-state index contributed by atoms with van der Waals surface area (Å²) in [6.45, 7) is 2.82. The molecule has 5 rings (SSSR count). The second-order valence-corrected chi connectivity index (χ2v) is 8.11. The molecule has 1 fully saturated rings. The number of hydrogen-bond donors (Lipinski definition) is 0. The summed E-state index contributed by atoms with van der Waals surface area (Å²) in [5.74, 6) is -0.385. The maximum absolute atomic E-state index is 13.6. The van der Waals surface area contributed by atoms with Gasteiger partial charge in [-0.15, -0.1) is 0 Å². The van der Waals surface area contributed by atoms with Crippen LogP contribution in [0.15, 0.2) is 91.1 Å². The van der Waals surface area contributed by atoms with E-state index in [1.165, 1.54) is 23.3 Å². The number of carbonyl (C=O) groups is 1. The standard InChI is InChI=1S/C27H24FN3O/c28-24-11-12-25-22(18-24)17-23(19-29-25)27(32)31-15-13-30(14-16-31)26(20-7-3-1-4-8-20)21-9-5-2-6-10-21/h1-12,17-19,26H,13-16H2. The summed E-state index contributed by atoms with van der Waals surface area (Å²) >= 11 is 0. The predicted octanol–water partition coefficient (Wildman–Crippen LogP) is 4.92. The molecule has 3 aromatic carbocycles. The fourth-order valence-electron chi connectivity index (χ4n) is 4.47. The Bertz CT molecular complexity index is 1180. The zero-order chi connectivity index (χ0) is 21.9. The number of carbonyl (C=O) groups excluding carboxylic acids is 1. The van der Waals surface area contributed by atoms with Crippen molar-refractivity contribution in [3.63, 3.8) is 0 Å². The van der Waals surface area contributed by atoms with Crippen LogP contribution < -0.4 is 0 Å². The van der Waals surface area contributed by atoms with Crippen LogP contribution in [0, 0.1) is 5.82 Å². The molecular formula is C27H24FN3O. The van der Waals surface area contributed by atoms with E-state index in [1.807, 2.05) is 17.0 Å².